The molecule has 5 nitrogen and oxygen atoms in total. The van der Waals surface area contributed by atoms with Gasteiger partial charge in [-0.3, -0.25) is 0 Å². The van der Waals surface area contributed by atoms with Crippen LogP contribution in [0.25, 0.3) is 11.4 Å². The summed E-state index contributed by atoms with van der Waals surface area (Å²) in [6.45, 7) is 2.26. The molecule has 3 aromatic rings. The first kappa shape index (κ1) is 14.5. The second-order valence-corrected chi connectivity index (χ2v) is 5.00. The van der Waals surface area contributed by atoms with Crippen molar-refractivity contribution in [2.24, 2.45) is 0 Å². The third-order valence-electron chi connectivity index (χ3n) is 3.16. The highest BCUT2D eigenvalue weighted by molar-refractivity contribution is 6.30. The predicted molar refractivity (Wildman–Crippen MR) is 82.7 cm³/mol. The molecule has 1 aromatic carbocycles. The monoisotopic (exact) mass is 315 g/mol. The summed E-state index contributed by atoms with van der Waals surface area (Å²) in [7, 11) is 0. The van der Waals surface area contributed by atoms with Crippen LogP contribution in [-0.2, 0) is 13.0 Å². The van der Waals surface area contributed by atoms with E-state index in [0.29, 0.717) is 22.6 Å². The van der Waals surface area contributed by atoms with Gasteiger partial charge in [0.2, 0.25) is 5.82 Å². The zero-order valence-corrected chi connectivity index (χ0v) is 12.7. The van der Waals surface area contributed by atoms with Gasteiger partial charge in [-0.05, 0) is 24.1 Å². The summed E-state index contributed by atoms with van der Waals surface area (Å²) >= 11 is 5.92. The maximum absolute atomic E-state index is 5.92. The fraction of sp³-hybridized carbons (Fsp3) is 0.188. The lowest BCUT2D eigenvalue weighted by Crippen LogP contribution is -1.97. The van der Waals surface area contributed by atoms with Crippen molar-refractivity contribution in [2.75, 3.05) is 0 Å². The van der Waals surface area contributed by atoms with Crippen LogP contribution in [0.1, 0.15) is 18.4 Å². The summed E-state index contributed by atoms with van der Waals surface area (Å²) in [6, 6.07) is 11.5. The quantitative estimate of drug-likeness (QED) is 0.668. The van der Waals surface area contributed by atoms with Gasteiger partial charge in [-0.2, -0.15) is 4.98 Å². The number of nitrogens with zero attached hydrogens (tertiary/aromatic N) is 3. The molecule has 0 N–H and O–H groups in total. The minimum absolute atomic E-state index is 0.144. The van der Waals surface area contributed by atoms with Crippen LogP contribution in [0.15, 0.2) is 47.1 Å². The molecule has 0 spiro atoms. The van der Waals surface area contributed by atoms with Crippen molar-refractivity contribution in [1.29, 1.82) is 0 Å². The second kappa shape index (κ2) is 6.58. The molecule has 2 heterocycles. The van der Waals surface area contributed by atoms with E-state index in [1.54, 1.807) is 18.3 Å². The van der Waals surface area contributed by atoms with E-state index < -0.39 is 0 Å². The molecule has 0 saturated heterocycles. The third kappa shape index (κ3) is 3.26. The summed E-state index contributed by atoms with van der Waals surface area (Å²) in [5, 5.41) is 4.27. The van der Waals surface area contributed by atoms with Crippen molar-refractivity contribution < 1.29 is 9.26 Å². The number of ether oxygens (including phenoxy) is 1. The predicted octanol–water partition coefficient (Wildman–Crippen LogP) is 3.93. The Morgan fingerprint density at radius 3 is 2.73 bits per heavy atom. The Bertz CT molecular complexity index is 756. The van der Waals surface area contributed by atoms with E-state index in [1.165, 1.54) is 5.56 Å². The number of aromatic nitrogens is 3. The number of hydrogen-bond donors (Lipinski definition) is 0. The fourth-order valence-electron chi connectivity index (χ4n) is 1.94. The molecule has 2 aromatic heterocycles. The summed E-state index contributed by atoms with van der Waals surface area (Å²) in [5.41, 5.74) is 2.17. The Morgan fingerprint density at radius 1 is 1.18 bits per heavy atom. The minimum atomic E-state index is 0.144. The van der Waals surface area contributed by atoms with Gasteiger partial charge < -0.3 is 9.26 Å². The Hall–Kier alpha value is -2.40. The van der Waals surface area contributed by atoms with Crippen LogP contribution < -0.4 is 4.74 Å². The molecule has 0 atom stereocenters. The molecular weight excluding hydrogens is 302 g/mol. The first-order valence-corrected chi connectivity index (χ1v) is 7.29. The van der Waals surface area contributed by atoms with Crippen molar-refractivity contribution in [3.05, 3.63) is 59.2 Å². The van der Waals surface area contributed by atoms with E-state index in [-0.39, 0.29) is 6.61 Å². The molecular formula is C16H14ClN3O2. The SMILES string of the molecule is CCc1ccc(-c2noc(COc3cccnc3Cl)n2)cc1. The molecule has 0 aliphatic heterocycles. The highest BCUT2D eigenvalue weighted by Crippen LogP contribution is 2.22. The highest BCUT2D eigenvalue weighted by atomic mass is 35.5. The lowest BCUT2D eigenvalue weighted by molar-refractivity contribution is 0.242. The fourth-order valence-corrected chi connectivity index (χ4v) is 2.11. The van der Waals surface area contributed by atoms with E-state index >= 15 is 0 Å². The van der Waals surface area contributed by atoms with Crippen LogP contribution in [0.3, 0.4) is 0 Å². The van der Waals surface area contributed by atoms with Crippen LogP contribution in [-0.4, -0.2) is 15.1 Å². The normalized spacial score (nSPS) is 10.6. The van der Waals surface area contributed by atoms with E-state index in [1.807, 2.05) is 12.1 Å². The van der Waals surface area contributed by atoms with Crippen LogP contribution in [0, 0.1) is 0 Å². The first-order valence-electron chi connectivity index (χ1n) is 6.91. The van der Waals surface area contributed by atoms with Crippen molar-refractivity contribution in [3.63, 3.8) is 0 Å². The van der Waals surface area contributed by atoms with Gasteiger partial charge in [0.1, 0.15) is 0 Å². The molecule has 0 unspecified atom stereocenters. The van der Waals surface area contributed by atoms with Gasteiger partial charge in [0.05, 0.1) is 0 Å². The molecule has 0 aliphatic carbocycles. The summed E-state index contributed by atoms with van der Waals surface area (Å²) in [4.78, 5) is 8.25. The number of benzene rings is 1. The van der Waals surface area contributed by atoms with Crippen LogP contribution in [0.5, 0.6) is 5.75 Å². The molecule has 0 saturated carbocycles. The maximum Gasteiger partial charge on any atom is 0.264 e. The molecule has 0 aliphatic rings. The van der Waals surface area contributed by atoms with E-state index in [0.717, 1.165) is 12.0 Å². The molecule has 0 radical (unpaired) electrons. The Labute approximate surface area is 132 Å². The average Bonchev–Trinajstić information content (AvgIpc) is 3.03. The number of hydrogen-bond acceptors (Lipinski definition) is 5. The standard InChI is InChI=1S/C16H14ClN3O2/c1-2-11-5-7-12(8-6-11)16-19-14(22-20-16)10-21-13-4-3-9-18-15(13)17/h3-9H,2,10H2,1H3. The minimum Gasteiger partial charge on any atom is -0.481 e. The maximum atomic E-state index is 5.92. The van der Waals surface area contributed by atoms with Crippen molar-refractivity contribution in [2.45, 2.75) is 20.0 Å². The number of pyridine rings is 1. The third-order valence-corrected chi connectivity index (χ3v) is 3.45. The molecule has 112 valence electrons. The lowest BCUT2D eigenvalue weighted by Gasteiger charge is -2.03. The van der Waals surface area contributed by atoms with Gasteiger partial charge >= 0.3 is 0 Å². The van der Waals surface area contributed by atoms with E-state index in [9.17, 15) is 0 Å². The van der Waals surface area contributed by atoms with Gasteiger partial charge in [0.15, 0.2) is 17.5 Å². The Kier molecular flexibility index (Phi) is 4.34. The van der Waals surface area contributed by atoms with E-state index in [2.05, 4.69) is 34.2 Å². The second-order valence-electron chi connectivity index (χ2n) is 4.64. The van der Waals surface area contributed by atoms with Crippen molar-refractivity contribution >= 4 is 11.6 Å². The smallest absolute Gasteiger partial charge is 0.264 e. The molecule has 0 fully saturated rings. The number of rotatable bonds is 5. The largest absolute Gasteiger partial charge is 0.481 e. The number of halogens is 1. The highest BCUT2D eigenvalue weighted by Gasteiger charge is 2.10. The Morgan fingerprint density at radius 2 is 2.00 bits per heavy atom. The molecule has 0 amide bonds. The summed E-state index contributed by atoms with van der Waals surface area (Å²) in [6.07, 6.45) is 2.59. The molecule has 22 heavy (non-hydrogen) atoms. The van der Waals surface area contributed by atoms with Crippen molar-refractivity contribution in [1.82, 2.24) is 15.1 Å². The summed E-state index contributed by atoms with van der Waals surface area (Å²) in [5.74, 6) is 1.41. The summed E-state index contributed by atoms with van der Waals surface area (Å²) < 4.78 is 10.7. The van der Waals surface area contributed by atoms with Crippen LogP contribution >= 0.6 is 11.6 Å². The Balaban J connectivity index is 1.69. The van der Waals surface area contributed by atoms with Gasteiger partial charge in [0, 0.05) is 11.8 Å². The zero-order chi connectivity index (χ0) is 15.4. The molecule has 3 rings (SSSR count). The van der Waals surface area contributed by atoms with Crippen LogP contribution in [0.4, 0.5) is 0 Å². The van der Waals surface area contributed by atoms with E-state index in [4.69, 9.17) is 20.9 Å². The van der Waals surface area contributed by atoms with Gasteiger partial charge in [-0.1, -0.05) is 47.9 Å². The molecule has 0 bridgehead atoms. The number of aryl methyl sites for hydroxylation is 1. The van der Waals surface area contributed by atoms with Crippen LogP contribution in [0.2, 0.25) is 5.15 Å². The topological polar surface area (TPSA) is 61.0 Å². The lowest BCUT2D eigenvalue weighted by atomic mass is 10.1. The average molecular weight is 316 g/mol. The van der Waals surface area contributed by atoms with Gasteiger partial charge in [-0.25, -0.2) is 4.98 Å². The first-order chi connectivity index (χ1) is 10.8. The van der Waals surface area contributed by atoms with Gasteiger partial charge in [0.25, 0.3) is 5.89 Å². The molecule has 6 heteroatoms. The van der Waals surface area contributed by atoms with Crippen molar-refractivity contribution in [3.8, 4) is 17.1 Å². The van der Waals surface area contributed by atoms with Gasteiger partial charge in [-0.15, -0.1) is 0 Å². The zero-order valence-electron chi connectivity index (χ0n) is 12.0.